The van der Waals surface area contributed by atoms with Gasteiger partial charge in [0.25, 0.3) is 5.56 Å². The number of allylic oxidation sites excluding steroid dienone is 1. The number of nitrogens with one attached hydrogen (secondary N) is 1. The Labute approximate surface area is 217 Å². The van der Waals surface area contributed by atoms with E-state index in [0.29, 0.717) is 5.02 Å². The van der Waals surface area contributed by atoms with E-state index < -0.39 is 35.0 Å². The number of para-hydroxylation sites is 1. The molecule has 1 aliphatic heterocycles. The van der Waals surface area contributed by atoms with Crippen LogP contribution in [0.25, 0.3) is 17.0 Å². The van der Waals surface area contributed by atoms with Gasteiger partial charge in [0.05, 0.1) is 22.8 Å². The molecule has 0 fully saturated rings. The first kappa shape index (κ1) is 25.0. The smallest absolute Gasteiger partial charge is 0.434 e. The lowest BCUT2D eigenvalue weighted by Crippen LogP contribution is -2.41. The molecule has 3 heterocycles. The fourth-order valence-corrected chi connectivity index (χ4v) is 5.53. The van der Waals surface area contributed by atoms with Gasteiger partial charge in [0.15, 0.2) is 10.5 Å². The van der Waals surface area contributed by atoms with Crippen molar-refractivity contribution in [3.63, 3.8) is 0 Å². The van der Waals surface area contributed by atoms with Gasteiger partial charge in [-0.2, -0.15) is 13.2 Å². The number of aryl methyl sites for hydroxylation is 1. The Bertz CT molecular complexity index is 1750. The monoisotopic (exact) mass is 545 g/mol. The van der Waals surface area contributed by atoms with Gasteiger partial charge in [-0.15, -0.1) is 0 Å². The number of halogens is 4. The first-order chi connectivity index (χ1) is 17.6. The van der Waals surface area contributed by atoms with Crippen molar-refractivity contribution in [1.29, 1.82) is 0 Å². The number of H-pyrrole nitrogens is 1. The van der Waals surface area contributed by atoms with E-state index in [-0.39, 0.29) is 21.5 Å². The fourth-order valence-electron chi connectivity index (χ4n) is 4.42. The number of esters is 1. The number of rotatable bonds is 4. The summed E-state index contributed by atoms with van der Waals surface area (Å²) in [6, 6.07) is 12.0. The van der Waals surface area contributed by atoms with E-state index in [0.717, 1.165) is 38.1 Å². The van der Waals surface area contributed by atoms with Crippen LogP contribution in [-0.4, -0.2) is 28.3 Å². The van der Waals surface area contributed by atoms with Crippen LogP contribution in [0.1, 0.15) is 29.8 Å². The van der Waals surface area contributed by atoms with E-state index in [4.69, 9.17) is 16.3 Å². The second-order valence-electron chi connectivity index (χ2n) is 8.32. The lowest BCUT2D eigenvalue weighted by atomic mass is 9.95. The second-order valence-corrected chi connectivity index (χ2v) is 9.77. The second kappa shape index (κ2) is 9.35. The average Bonchev–Trinajstić information content (AvgIpc) is 3.34. The summed E-state index contributed by atoms with van der Waals surface area (Å²) in [7, 11) is 0. The zero-order chi connectivity index (χ0) is 26.5. The third-order valence-corrected chi connectivity index (χ3v) is 7.23. The highest BCUT2D eigenvalue weighted by molar-refractivity contribution is 7.07. The number of hydrogen-bond donors (Lipinski definition) is 1. The molecule has 4 aromatic rings. The molecular weight excluding hydrogens is 527 g/mol. The van der Waals surface area contributed by atoms with Gasteiger partial charge in [0, 0.05) is 27.2 Å². The molecule has 5 rings (SSSR count). The van der Waals surface area contributed by atoms with Crippen molar-refractivity contribution in [3.8, 4) is 0 Å². The van der Waals surface area contributed by atoms with Crippen LogP contribution < -0.4 is 14.9 Å². The largest absolute Gasteiger partial charge is 0.463 e. The van der Waals surface area contributed by atoms with Crippen molar-refractivity contribution in [3.05, 3.63) is 101 Å². The molecule has 0 saturated carbocycles. The summed E-state index contributed by atoms with van der Waals surface area (Å²) < 4.78 is 48.9. The fraction of sp³-hybridized carbons (Fsp3) is 0.192. The van der Waals surface area contributed by atoms with Gasteiger partial charge in [-0.05, 0) is 43.7 Å². The molecule has 0 spiro atoms. The topological polar surface area (TPSA) is 76.4 Å². The maximum Gasteiger partial charge on any atom is 0.434 e. The lowest BCUT2D eigenvalue weighted by Gasteiger charge is -2.26. The van der Waals surface area contributed by atoms with E-state index in [1.807, 2.05) is 31.2 Å². The molecule has 1 atom stereocenters. The molecule has 0 amide bonds. The third kappa shape index (κ3) is 4.40. The Morgan fingerprint density at radius 1 is 1.22 bits per heavy atom. The van der Waals surface area contributed by atoms with Crippen LogP contribution in [0, 0.1) is 6.92 Å². The third-order valence-electron chi connectivity index (χ3n) is 6.00. The van der Waals surface area contributed by atoms with Crippen LogP contribution in [0.4, 0.5) is 13.2 Å². The van der Waals surface area contributed by atoms with Crippen LogP contribution in [0.15, 0.2) is 69.6 Å². The van der Waals surface area contributed by atoms with Crippen LogP contribution in [0.5, 0.6) is 0 Å². The summed E-state index contributed by atoms with van der Waals surface area (Å²) in [5, 5.41) is 1.21. The summed E-state index contributed by atoms with van der Waals surface area (Å²) in [5.74, 6) is -1.19. The van der Waals surface area contributed by atoms with Crippen LogP contribution in [0.3, 0.4) is 0 Å². The van der Waals surface area contributed by atoms with E-state index in [9.17, 15) is 22.8 Å². The zero-order valence-electron chi connectivity index (χ0n) is 19.5. The molecular formula is C26H19ClF3N3O3S. The highest BCUT2D eigenvalue weighted by Gasteiger charge is 2.45. The molecule has 1 N–H and O–H groups in total. The van der Waals surface area contributed by atoms with E-state index >= 15 is 0 Å². The van der Waals surface area contributed by atoms with Crippen LogP contribution in [0.2, 0.25) is 5.02 Å². The summed E-state index contributed by atoms with van der Waals surface area (Å²) in [6.45, 7) is 3.19. The molecule has 0 saturated heterocycles. The molecule has 11 heteroatoms. The predicted octanol–water partition coefficient (Wildman–Crippen LogP) is 4.78. The summed E-state index contributed by atoms with van der Waals surface area (Å²) in [6.07, 6.45) is -3.33. The SMILES string of the molecule is CCOC(=O)C1=C(C(F)(F)F)N=c2s/c(=C\c3c(C)[nH]c4ccccc34)c(=O)n2[C@H]1c1ccc(Cl)cc1. The number of aromatic nitrogens is 2. The van der Waals surface area contributed by atoms with Gasteiger partial charge in [0.1, 0.15) is 0 Å². The molecule has 0 bridgehead atoms. The highest BCUT2D eigenvalue weighted by atomic mass is 35.5. The summed E-state index contributed by atoms with van der Waals surface area (Å²) >= 11 is 6.83. The number of carbonyl (C=O) groups excluding carboxylic acids is 1. The number of fused-ring (bicyclic) bond motifs is 2. The minimum absolute atomic E-state index is 0.148. The Hall–Kier alpha value is -3.63. The molecule has 2 aromatic carbocycles. The van der Waals surface area contributed by atoms with Gasteiger partial charge < -0.3 is 9.72 Å². The van der Waals surface area contributed by atoms with Crippen LogP contribution >= 0.6 is 22.9 Å². The minimum atomic E-state index is -4.96. The minimum Gasteiger partial charge on any atom is -0.463 e. The summed E-state index contributed by atoms with van der Waals surface area (Å²) in [5.41, 5.74) is -0.0478. The number of hydrogen-bond acceptors (Lipinski definition) is 5. The van der Waals surface area contributed by atoms with Crippen molar-refractivity contribution in [1.82, 2.24) is 9.55 Å². The number of aromatic amines is 1. The van der Waals surface area contributed by atoms with Crippen molar-refractivity contribution in [2.45, 2.75) is 26.1 Å². The number of benzene rings is 2. The molecule has 2 aromatic heterocycles. The normalized spacial score (nSPS) is 16.2. The number of carbonyl (C=O) groups is 1. The van der Waals surface area contributed by atoms with Gasteiger partial charge in [-0.3, -0.25) is 9.36 Å². The molecule has 6 nitrogen and oxygen atoms in total. The number of thiazole rings is 1. The van der Waals surface area contributed by atoms with Gasteiger partial charge in [-0.25, -0.2) is 9.79 Å². The molecule has 0 aliphatic carbocycles. The average molecular weight is 546 g/mol. The number of ether oxygens (including phenoxy) is 1. The molecule has 37 heavy (non-hydrogen) atoms. The molecule has 0 radical (unpaired) electrons. The van der Waals surface area contributed by atoms with Gasteiger partial charge in [0.2, 0.25) is 0 Å². The van der Waals surface area contributed by atoms with Crippen molar-refractivity contribution < 1.29 is 22.7 Å². The highest BCUT2D eigenvalue weighted by Crippen LogP contribution is 2.38. The Morgan fingerprint density at radius 2 is 1.92 bits per heavy atom. The van der Waals surface area contributed by atoms with E-state index in [1.165, 1.54) is 31.2 Å². The maximum atomic E-state index is 14.2. The molecule has 0 unspecified atom stereocenters. The predicted molar refractivity (Wildman–Crippen MR) is 135 cm³/mol. The molecule has 190 valence electrons. The zero-order valence-corrected chi connectivity index (χ0v) is 21.1. The maximum absolute atomic E-state index is 14.2. The first-order valence-electron chi connectivity index (χ1n) is 11.2. The van der Waals surface area contributed by atoms with Crippen molar-refractivity contribution in [2.24, 2.45) is 4.99 Å². The van der Waals surface area contributed by atoms with E-state index in [2.05, 4.69) is 9.98 Å². The van der Waals surface area contributed by atoms with Crippen LogP contribution in [-0.2, 0) is 9.53 Å². The Morgan fingerprint density at radius 3 is 2.59 bits per heavy atom. The quantitative estimate of drug-likeness (QED) is 0.375. The standard InChI is InChI=1S/C26H19ClF3N3O3S/c1-3-36-24(35)20-21(14-8-10-15(27)11-9-14)33-23(34)19(37-25(33)32-22(20)26(28,29)30)12-17-13(2)31-18-7-5-4-6-16(17)18/h4-12,21,31H,3H2,1-2H3/b19-12-/t21-/m0/s1. The van der Waals surface area contributed by atoms with Gasteiger partial charge >= 0.3 is 12.1 Å². The van der Waals surface area contributed by atoms with Crippen molar-refractivity contribution >= 4 is 45.9 Å². The lowest BCUT2D eigenvalue weighted by molar-refractivity contribution is -0.140. The Balaban J connectivity index is 1.83. The molecule has 1 aliphatic rings. The number of nitrogens with zero attached hydrogens (tertiary/aromatic N) is 2. The first-order valence-corrected chi connectivity index (χ1v) is 12.4. The van der Waals surface area contributed by atoms with Gasteiger partial charge in [-0.1, -0.05) is 53.3 Å². The van der Waals surface area contributed by atoms with E-state index in [1.54, 1.807) is 6.08 Å². The number of alkyl halides is 3. The Kier molecular flexibility index (Phi) is 6.33. The van der Waals surface area contributed by atoms with Crippen molar-refractivity contribution in [2.75, 3.05) is 6.61 Å². The summed E-state index contributed by atoms with van der Waals surface area (Å²) in [4.78, 5) is 33.4.